The van der Waals surface area contributed by atoms with Crippen LogP contribution in [0, 0.1) is 0 Å². The Bertz CT molecular complexity index is 515. The topological polar surface area (TPSA) is 94.6 Å². The molecule has 22 heavy (non-hydrogen) atoms. The van der Waals surface area contributed by atoms with Crippen molar-refractivity contribution < 1.29 is 14.7 Å². The summed E-state index contributed by atoms with van der Waals surface area (Å²) in [6, 6.07) is 3.59. The highest BCUT2D eigenvalue weighted by Gasteiger charge is 2.13. The van der Waals surface area contributed by atoms with Gasteiger partial charge in [-0.2, -0.15) is 0 Å². The normalized spacial score (nSPS) is 13.9. The van der Waals surface area contributed by atoms with E-state index < -0.39 is 5.97 Å². The lowest BCUT2D eigenvalue weighted by molar-refractivity contribution is -0.137. The zero-order valence-corrected chi connectivity index (χ0v) is 12.5. The maximum atomic E-state index is 11.6. The van der Waals surface area contributed by atoms with Crippen molar-refractivity contribution in [3.8, 4) is 0 Å². The first-order valence-corrected chi connectivity index (χ1v) is 7.58. The van der Waals surface area contributed by atoms with Gasteiger partial charge in [-0.05, 0) is 37.0 Å². The molecule has 2 amide bonds. The van der Waals surface area contributed by atoms with Crippen molar-refractivity contribution in [1.82, 2.24) is 15.6 Å². The first-order chi connectivity index (χ1) is 10.6. The number of aromatic nitrogens is 1. The number of anilines is 1. The Morgan fingerprint density at radius 2 is 2.05 bits per heavy atom. The number of aliphatic carboxylic acids is 1. The summed E-state index contributed by atoms with van der Waals surface area (Å²) >= 11 is 0. The Morgan fingerprint density at radius 1 is 1.27 bits per heavy atom. The molecule has 0 unspecified atom stereocenters. The maximum absolute atomic E-state index is 11.6. The summed E-state index contributed by atoms with van der Waals surface area (Å²) in [6.45, 7) is 2.85. The van der Waals surface area contributed by atoms with Gasteiger partial charge in [0.05, 0.1) is 0 Å². The molecule has 1 aromatic rings. The Kier molecular flexibility index (Phi) is 6.00. The predicted molar refractivity (Wildman–Crippen MR) is 82.8 cm³/mol. The second-order valence-corrected chi connectivity index (χ2v) is 5.32. The highest BCUT2D eigenvalue weighted by atomic mass is 16.4. The van der Waals surface area contributed by atoms with Crippen LogP contribution in [0.1, 0.15) is 31.2 Å². The van der Waals surface area contributed by atoms with Crippen LogP contribution in [0.4, 0.5) is 10.6 Å². The summed E-state index contributed by atoms with van der Waals surface area (Å²) in [5.41, 5.74) is 0.998. The molecule has 1 aliphatic rings. The standard InChI is InChI=1S/C15H22N4O3/c20-14(21)4-3-6-17-15(22)18-11-12-5-7-16-13(10-12)19-8-1-2-9-19/h5,7,10H,1-4,6,8-9,11H2,(H,20,21)(H2,17,18,22). The summed E-state index contributed by atoms with van der Waals surface area (Å²) < 4.78 is 0. The van der Waals surface area contributed by atoms with Crippen molar-refractivity contribution in [1.29, 1.82) is 0 Å². The fourth-order valence-electron chi connectivity index (χ4n) is 2.38. The highest BCUT2D eigenvalue weighted by molar-refractivity contribution is 5.74. The Labute approximate surface area is 129 Å². The quantitative estimate of drug-likeness (QED) is 0.661. The van der Waals surface area contributed by atoms with Crippen LogP contribution < -0.4 is 15.5 Å². The molecular formula is C15H22N4O3. The lowest BCUT2D eigenvalue weighted by atomic mass is 10.2. The first-order valence-electron chi connectivity index (χ1n) is 7.58. The van der Waals surface area contributed by atoms with E-state index in [1.165, 1.54) is 12.8 Å². The van der Waals surface area contributed by atoms with Crippen LogP contribution in [0.5, 0.6) is 0 Å². The van der Waals surface area contributed by atoms with Gasteiger partial charge in [-0.15, -0.1) is 0 Å². The molecule has 1 fully saturated rings. The van der Waals surface area contributed by atoms with Crippen LogP contribution in [0.25, 0.3) is 0 Å². The van der Waals surface area contributed by atoms with E-state index in [2.05, 4.69) is 20.5 Å². The van der Waals surface area contributed by atoms with E-state index >= 15 is 0 Å². The summed E-state index contributed by atoms with van der Waals surface area (Å²) in [5, 5.41) is 13.9. The lowest BCUT2D eigenvalue weighted by Gasteiger charge is -2.17. The van der Waals surface area contributed by atoms with Crippen molar-refractivity contribution in [2.75, 3.05) is 24.5 Å². The number of urea groups is 1. The molecule has 0 bridgehead atoms. The number of nitrogens with one attached hydrogen (secondary N) is 2. The second kappa shape index (κ2) is 8.21. The van der Waals surface area contributed by atoms with Gasteiger partial charge in [0, 0.05) is 38.8 Å². The van der Waals surface area contributed by atoms with E-state index in [1.54, 1.807) is 6.20 Å². The average Bonchev–Trinajstić information content (AvgIpc) is 3.04. The van der Waals surface area contributed by atoms with E-state index in [4.69, 9.17) is 5.11 Å². The van der Waals surface area contributed by atoms with Gasteiger partial charge in [-0.1, -0.05) is 0 Å². The van der Waals surface area contributed by atoms with Gasteiger partial charge in [0.2, 0.25) is 0 Å². The number of pyridine rings is 1. The average molecular weight is 306 g/mol. The van der Waals surface area contributed by atoms with Crippen molar-refractivity contribution in [3.05, 3.63) is 23.9 Å². The van der Waals surface area contributed by atoms with Crippen LogP contribution in [0.2, 0.25) is 0 Å². The molecule has 1 aromatic heterocycles. The molecule has 7 nitrogen and oxygen atoms in total. The number of carbonyl (C=O) groups excluding carboxylic acids is 1. The Morgan fingerprint density at radius 3 is 2.77 bits per heavy atom. The van der Waals surface area contributed by atoms with Crippen LogP contribution in [0.3, 0.4) is 0 Å². The third-order valence-corrected chi connectivity index (χ3v) is 3.55. The molecule has 0 aromatic carbocycles. The summed E-state index contributed by atoms with van der Waals surface area (Å²) in [5.74, 6) is 0.104. The van der Waals surface area contributed by atoms with Crippen LogP contribution >= 0.6 is 0 Å². The molecule has 0 atom stereocenters. The number of rotatable bonds is 7. The van der Waals surface area contributed by atoms with Crippen LogP contribution in [-0.2, 0) is 11.3 Å². The van der Waals surface area contributed by atoms with Gasteiger partial charge in [-0.25, -0.2) is 9.78 Å². The molecule has 3 N–H and O–H groups in total. The molecule has 2 rings (SSSR count). The van der Waals surface area contributed by atoms with Gasteiger partial charge in [0.15, 0.2) is 0 Å². The van der Waals surface area contributed by atoms with E-state index in [-0.39, 0.29) is 12.5 Å². The number of carboxylic acids is 1. The zero-order chi connectivity index (χ0) is 15.8. The molecule has 0 radical (unpaired) electrons. The third-order valence-electron chi connectivity index (χ3n) is 3.55. The molecule has 7 heteroatoms. The minimum atomic E-state index is -0.853. The molecule has 2 heterocycles. The largest absolute Gasteiger partial charge is 0.481 e. The summed E-state index contributed by atoms with van der Waals surface area (Å²) in [7, 11) is 0. The Balaban J connectivity index is 1.73. The van der Waals surface area contributed by atoms with Gasteiger partial charge in [0.1, 0.15) is 5.82 Å². The van der Waals surface area contributed by atoms with Gasteiger partial charge in [-0.3, -0.25) is 4.79 Å². The van der Waals surface area contributed by atoms with E-state index in [1.807, 2.05) is 12.1 Å². The van der Waals surface area contributed by atoms with Crippen molar-refractivity contribution in [2.24, 2.45) is 0 Å². The predicted octanol–water partition coefficient (Wildman–Crippen LogP) is 1.35. The van der Waals surface area contributed by atoms with Crippen molar-refractivity contribution in [3.63, 3.8) is 0 Å². The number of amides is 2. The number of carbonyl (C=O) groups is 2. The van der Waals surface area contributed by atoms with Gasteiger partial charge in [0.25, 0.3) is 0 Å². The number of hydrogen-bond acceptors (Lipinski definition) is 4. The molecule has 1 aliphatic heterocycles. The molecule has 0 aliphatic carbocycles. The number of hydrogen-bond donors (Lipinski definition) is 3. The molecule has 0 saturated carbocycles. The fraction of sp³-hybridized carbons (Fsp3) is 0.533. The molecular weight excluding hydrogens is 284 g/mol. The maximum Gasteiger partial charge on any atom is 0.315 e. The highest BCUT2D eigenvalue weighted by Crippen LogP contribution is 2.18. The second-order valence-electron chi connectivity index (χ2n) is 5.32. The SMILES string of the molecule is O=C(O)CCCNC(=O)NCc1ccnc(N2CCCC2)c1. The van der Waals surface area contributed by atoms with E-state index in [0.29, 0.717) is 19.5 Å². The van der Waals surface area contributed by atoms with Crippen LogP contribution in [-0.4, -0.2) is 41.7 Å². The van der Waals surface area contributed by atoms with Crippen molar-refractivity contribution in [2.45, 2.75) is 32.2 Å². The minimum Gasteiger partial charge on any atom is -0.481 e. The molecule has 120 valence electrons. The van der Waals surface area contributed by atoms with E-state index in [9.17, 15) is 9.59 Å². The van der Waals surface area contributed by atoms with Crippen LogP contribution in [0.15, 0.2) is 18.3 Å². The minimum absolute atomic E-state index is 0.0594. The summed E-state index contributed by atoms with van der Waals surface area (Å²) in [6.07, 6.45) is 4.64. The monoisotopic (exact) mass is 306 g/mol. The van der Waals surface area contributed by atoms with Gasteiger partial charge < -0.3 is 20.6 Å². The van der Waals surface area contributed by atoms with Gasteiger partial charge >= 0.3 is 12.0 Å². The smallest absolute Gasteiger partial charge is 0.315 e. The number of nitrogens with zero attached hydrogens (tertiary/aromatic N) is 2. The molecule has 1 saturated heterocycles. The fourth-order valence-corrected chi connectivity index (χ4v) is 2.38. The van der Waals surface area contributed by atoms with E-state index in [0.717, 1.165) is 24.5 Å². The lowest BCUT2D eigenvalue weighted by Crippen LogP contribution is -2.35. The zero-order valence-electron chi connectivity index (χ0n) is 12.5. The molecule has 0 spiro atoms. The number of carboxylic acid groups (broad SMARTS) is 1. The van der Waals surface area contributed by atoms with Crippen molar-refractivity contribution >= 4 is 17.8 Å². The Hall–Kier alpha value is -2.31. The summed E-state index contributed by atoms with van der Waals surface area (Å²) in [4.78, 5) is 28.6. The third kappa shape index (κ3) is 5.23. The first kappa shape index (κ1) is 16.1.